The van der Waals surface area contributed by atoms with Gasteiger partial charge >= 0.3 is 0 Å². The Labute approximate surface area is 459 Å². The molecule has 2 aliphatic carbocycles. The number of hydrogen-bond acceptors (Lipinski definition) is 4. The monoisotopic (exact) mass is 1010 g/mol. The van der Waals surface area contributed by atoms with Crippen molar-refractivity contribution in [2.75, 3.05) is 19.6 Å². The summed E-state index contributed by atoms with van der Waals surface area (Å²) in [5.74, 6) is 0. The van der Waals surface area contributed by atoms with E-state index in [1.807, 2.05) is 0 Å². The maximum Gasteiger partial charge on any atom is 0.252 e. The van der Waals surface area contributed by atoms with Crippen molar-refractivity contribution in [1.82, 2.24) is 0 Å². The van der Waals surface area contributed by atoms with Gasteiger partial charge in [-0.05, 0) is 179 Å². The molecular formula is C72H75BN4. The molecule has 4 nitrogen and oxygen atoms in total. The van der Waals surface area contributed by atoms with Gasteiger partial charge in [-0.15, -0.1) is 0 Å². The highest BCUT2D eigenvalue weighted by atomic mass is 15.3. The standard InChI is InChI=1S/C72H75BN4/c1-67(2,3)50-30-33-53(34-31-50)75-63-38-35-54(76-61-37-32-51(68(4,5)6)44-57(61)70(8)40-20-21-41-71(70,76)9)45-59(63)73-58-27-17-18-28-62(58)74(52-25-15-12-16-26-52)64-46-55(47-65(75)66(64)73)77-60-36-29-49(48-23-13-11-14-24-48)43-56(60)69(7)39-19-22-42-72(69,77)10/h11-18,23-38,43-47H,19-22,39-42H2,1-10H3. The van der Waals surface area contributed by atoms with Crippen LogP contribution in [0.15, 0.2) is 176 Å². The second-order valence-electron chi connectivity index (χ2n) is 26.8. The number of fused-ring (bicyclic) bond motifs is 10. The van der Waals surface area contributed by atoms with Crippen LogP contribution >= 0.6 is 0 Å². The van der Waals surface area contributed by atoms with Crippen molar-refractivity contribution < 1.29 is 0 Å². The summed E-state index contributed by atoms with van der Waals surface area (Å²) in [7, 11) is 0. The van der Waals surface area contributed by atoms with Gasteiger partial charge in [0.15, 0.2) is 0 Å². The second kappa shape index (κ2) is 16.8. The SMILES string of the molecule is CC(C)(C)c1ccc(N2c3ccc(N4c5ccc(C(C)(C)C)cc5C5(C)CCCCC45C)cc3B3c4ccccc4N(c4ccccc4)c4cc(N5c6ccc(-c7ccccc7)cc6C6(C)CCCCC56C)cc2c43)cc1. The Balaban J connectivity index is 1.04. The Morgan fingerprint density at radius 2 is 0.844 bits per heavy atom. The van der Waals surface area contributed by atoms with Gasteiger partial charge in [0.1, 0.15) is 0 Å². The van der Waals surface area contributed by atoms with Crippen LogP contribution in [0.4, 0.5) is 56.9 Å². The minimum Gasteiger partial charge on any atom is -0.334 e. The molecule has 0 radical (unpaired) electrons. The van der Waals surface area contributed by atoms with Crippen molar-refractivity contribution in [2.45, 2.75) is 153 Å². The minimum atomic E-state index is -0.155. The summed E-state index contributed by atoms with van der Waals surface area (Å²) in [6.07, 6.45) is 9.59. The predicted molar refractivity (Wildman–Crippen MR) is 329 cm³/mol. The zero-order valence-electron chi connectivity index (χ0n) is 47.3. The lowest BCUT2D eigenvalue weighted by Crippen LogP contribution is -2.62. The molecule has 0 spiro atoms. The first kappa shape index (κ1) is 48.4. The summed E-state index contributed by atoms with van der Waals surface area (Å²) < 4.78 is 0. The molecule has 77 heavy (non-hydrogen) atoms. The van der Waals surface area contributed by atoms with E-state index < -0.39 is 0 Å². The highest BCUT2D eigenvalue weighted by Gasteiger charge is 2.60. The number of nitrogens with zero attached hydrogens (tertiary/aromatic N) is 4. The van der Waals surface area contributed by atoms with E-state index in [1.165, 1.54) is 139 Å². The number of rotatable bonds is 5. The van der Waals surface area contributed by atoms with Crippen LogP contribution in [0, 0.1) is 0 Å². The van der Waals surface area contributed by atoms with E-state index >= 15 is 0 Å². The molecule has 6 aliphatic rings. The summed E-state index contributed by atoms with van der Waals surface area (Å²) in [5.41, 5.74) is 24.8. The molecule has 0 bridgehead atoms. The van der Waals surface area contributed by atoms with Crippen molar-refractivity contribution in [1.29, 1.82) is 0 Å². The number of anilines is 10. The molecule has 4 atom stereocenters. The first-order valence-corrected chi connectivity index (χ1v) is 29.1. The molecule has 8 aromatic carbocycles. The molecular weight excluding hydrogens is 932 g/mol. The fourth-order valence-electron chi connectivity index (χ4n) is 16.0. The minimum absolute atomic E-state index is 0.0176. The average Bonchev–Trinajstić information content (AvgIpc) is 4.02. The van der Waals surface area contributed by atoms with Crippen molar-refractivity contribution in [3.8, 4) is 11.1 Å². The predicted octanol–water partition coefficient (Wildman–Crippen LogP) is 17.5. The van der Waals surface area contributed by atoms with Gasteiger partial charge in [-0.3, -0.25) is 0 Å². The quantitative estimate of drug-likeness (QED) is 0.159. The van der Waals surface area contributed by atoms with Gasteiger partial charge in [0.05, 0.1) is 11.1 Å². The first-order chi connectivity index (χ1) is 36.9. The van der Waals surface area contributed by atoms with E-state index in [9.17, 15) is 0 Å². The Hall–Kier alpha value is -6.98. The molecule has 2 fully saturated rings. The topological polar surface area (TPSA) is 13.0 Å². The fourth-order valence-corrected chi connectivity index (χ4v) is 16.0. The highest BCUT2D eigenvalue weighted by molar-refractivity contribution is 7.00. The lowest BCUT2D eigenvalue weighted by Gasteiger charge is -2.51. The maximum atomic E-state index is 2.81. The van der Waals surface area contributed by atoms with E-state index in [4.69, 9.17) is 0 Å². The summed E-state index contributed by atoms with van der Waals surface area (Å²) in [6, 6.07) is 68.8. The van der Waals surface area contributed by atoms with Crippen molar-refractivity contribution in [2.24, 2.45) is 0 Å². The largest absolute Gasteiger partial charge is 0.334 e. The highest BCUT2D eigenvalue weighted by Crippen LogP contribution is 2.64. The Bertz CT molecular complexity index is 3660. The molecule has 2 saturated carbocycles. The molecule has 4 aliphatic heterocycles. The lowest BCUT2D eigenvalue weighted by atomic mass is 9.33. The van der Waals surface area contributed by atoms with Gasteiger partial charge in [-0.1, -0.05) is 178 Å². The fraction of sp³-hybridized carbons (Fsp3) is 0.333. The number of hydrogen-bond donors (Lipinski definition) is 0. The zero-order chi connectivity index (χ0) is 53.0. The summed E-state index contributed by atoms with van der Waals surface area (Å²) in [5, 5.41) is 0. The van der Waals surface area contributed by atoms with Crippen LogP contribution in [0.2, 0.25) is 0 Å². The first-order valence-electron chi connectivity index (χ1n) is 29.1. The third-order valence-corrected chi connectivity index (χ3v) is 20.6. The lowest BCUT2D eigenvalue weighted by molar-refractivity contribution is 0.195. The van der Waals surface area contributed by atoms with Crippen LogP contribution in [-0.4, -0.2) is 17.8 Å². The van der Waals surface area contributed by atoms with Gasteiger partial charge in [-0.25, -0.2) is 0 Å². The van der Waals surface area contributed by atoms with Crippen LogP contribution < -0.4 is 36.0 Å². The Morgan fingerprint density at radius 3 is 1.47 bits per heavy atom. The van der Waals surface area contributed by atoms with Crippen molar-refractivity contribution in [3.05, 3.63) is 198 Å². The average molecular weight is 1010 g/mol. The van der Waals surface area contributed by atoms with Crippen LogP contribution in [0.3, 0.4) is 0 Å². The van der Waals surface area contributed by atoms with Crippen LogP contribution in [0.1, 0.15) is 143 Å². The normalized spacial score (nSPS) is 23.9. The van der Waals surface area contributed by atoms with Gasteiger partial charge in [-0.2, -0.15) is 0 Å². The van der Waals surface area contributed by atoms with Gasteiger partial charge < -0.3 is 19.6 Å². The molecule has 5 heteroatoms. The van der Waals surface area contributed by atoms with Crippen LogP contribution in [-0.2, 0) is 21.7 Å². The van der Waals surface area contributed by atoms with Crippen molar-refractivity contribution in [3.63, 3.8) is 0 Å². The van der Waals surface area contributed by atoms with E-state index in [2.05, 4.69) is 265 Å². The van der Waals surface area contributed by atoms with E-state index in [-0.39, 0.29) is 39.5 Å². The zero-order valence-corrected chi connectivity index (χ0v) is 47.3. The van der Waals surface area contributed by atoms with E-state index in [0.29, 0.717) is 0 Å². The second-order valence-corrected chi connectivity index (χ2v) is 26.8. The number of benzene rings is 8. The summed E-state index contributed by atoms with van der Waals surface area (Å²) in [4.78, 5) is 10.9. The molecule has 386 valence electrons. The molecule has 14 rings (SSSR count). The van der Waals surface area contributed by atoms with Crippen LogP contribution in [0.5, 0.6) is 0 Å². The third kappa shape index (κ3) is 6.83. The molecule has 0 aromatic heterocycles. The number of para-hydroxylation sites is 2. The van der Waals surface area contributed by atoms with Crippen LogP contribution in [0.25, 0.3) is 11.1 Å². The van der Waals surface area contributed by atoms with Gasteiger partial charge in [0.2, 0.25) is 0 Å². The molecule has 4 heterocycles. The van der Waals surface area contributed by atoms with Crippen molar-refractivity contribution >= 4 is 80.0 Å². The molecule has 0 saturated heterocycles. The van der Waals surface area contributed by atoms with Gasteiger partial charge in [0, 0.05) is 67.7 Å². The maximum absolute atomic E-state index is 2.81. The summed E-state index contributed by atoms with van der Waals surface area (Å²) in [6.45, 7) is 24.4. The molecule has 0 N–H and O–H groups in total. The van der Waals surface area contributed by atoms with E-state index in [1.54, 1.807) is 0 Å². The third-order valence-electron chi connectivity index (χ3n) is 20.6. The molecule has 0 amide bonds. The summed E-state index contributed by atoms with van der Waals surface area (Å²) >= 11 is 0. The molecule has 4 unspecified atom stereocenters. The smallest absolute Gasteiger partial charge is 0.252 e. The Morgan fingerprint density at radius 1 is 0.364 bits per heavy atom. The van der Waals surface area contributed by atoms with Gasteiger partial charge in [0.25, 0.3) is 6.71 Å². The van der Waals surface area contributed by atoms with E-state index in [0.717, 1.165) is 19.3 Å². The molecule has 8 aromatic rings. The Kier molecular flexibility index (Phi) is 10.5.